The summed E-state index contributed by atoms with van der Waals surface area (Å²) in [6.07, 6.45) is 2.17. The van der Waals surface area contributed by atoms with Crippen LogP contribution < -0.4 is 10.7 Å². The summed E-state index contributed by atoms with van der Waals surface area (Å²) in [4.78, 5) is 36.5. The Labute approximate surface area is 132 Å². The molecule has 0 saturated heterocycles. The molecule has 2 atom stereocenters. The van der Waals surface area contributed by atoms with Crippen molar-refractivity contribution in [3.05, 3.63) is 40.2 Å². The monoisotopic (exact) mass is 315 g/mol. The molecule has 120 valence electrons. The number of para-hydroxylation sites is 1. The number of amides is 1. The van der Waals surface area contributed by atoms with Crippen molar-refractivity contribution >= 4 is 22.8 Å². The molecule has 1 aliphatic carbocycles. The quantitative estimate of drug-likeness (QED) is 0.823. The molecule has 1 amide bonds. The summed E-state index contributed by atoms with van der Waals surface area (Å²) in [6, 6.07) is 6.53. The lowest BCUT2D eigenvalue weighted by molar-refractivity contribution is -0.145. The molecule has 1 saturated carbocycles. The van der Waals surface area contributed by atoms with Crippen molar-refractivity contribution in [3.63, 3.8) is 0 Å². The molecule has 1 heterocycles. The Hall–Kier alpha value is -2.70. The molecule has 0 unspecified atom stereocenters. The van der Waals surface area contributed by atoms with E-state index in [-0.39, 0.29) is 23.6 Å². The zero-order chi connectivity index (χ0) is 16.4. The van der Waals surface area contributed by atoms with E-state index in [1.54, 1.807) is 24.3 Å². The number of fused-ring (bicyclic) bond motifs is 1. The van der Waals surface area contributed by atoms with Crippen molar-refractivity contribution in [2.75, 3.05) is 7.11 Å². The Morgan fingerprint density at radius 1 is 1.30 bits per heavy atom. The molecule has 0 radical (unpaired) electrons. The highest BCUT2D eigenvalue weighted by molar-refractivity contribution is 5.95. The van der Waals surface area contributed by atoms with E-state index in [0.29, 0.717) is 23.7 Å². The van der Waals surface area contributed by atoms with Crippen LogP contribution in [0.25, 0.3) is 10.9 Å². The molecular weight excluding hydrogens is 298 g/mol. The molecule has 0 bridgehead atoms. The van der Waals surface area contributed by atoms with E-state index in [0.717, 1.165) is 6.42 Å². The molecule has 2 aromatic rings. The van der Waals surface area contributed by atoms with E-state index in [4.69, 9.17) is 4.74 Å². The summed E-state index contributed by atoms with van der Waals surface area (Å²) >= 11 is 0. The van der Waals surface area contributed by atoms with Gasteiger partial charge in [-0.2, -0.15) is 5.10 Å². The van der Waals surface area contributed by atoms with E-state index < -0.39 is 11.3 Å². The van der Waals surface area contributed by atoms with Crippen LogP contribution in [0.4, 0.5) is 0 Å². The molecule has 7 nitrogen and oxygen atoms in total. The lowest BCUT2D eigenvalue weighted by Gasteiger charge is -2.18. The molecule has 0 aliphatic heterocycles. The number of esters is 1. The fourth-order valence-corrected chi connectivity index (χ4v) is 3.03. The second kappa shape index (κ2) is 6.20. The molecule has 3 rings (SSSR count). The minimum Gasteiger partial charge on any atom is -0.469 e. The van der Waals surface area contributed by atoms with Crippen molar-refractivity contribution in [2.24, 2.45) is 5.92 Å². The molecule has 23 heavy (non-hydrogen) atoms. The highest BCUT2D eigenvalue weighted by Gasteiger charge is 2.35. The van der Waals surface area contributed by atoms with Crippen LogP contribution in [0.3, 0.4) is 0 Å². The van der Waals surface area contributed by atoms with Gasteiger partial charge in [0.1, 0.15) is 0 Å². The minimum atomic E-state index is -0.571. The molecule has 2 N–H and O–H groups in total. The third-order valence-electron chi connectivity index (χ3n) is 4.23. The van der Waals surface area contributed by atoms with Gasteiger partial charge in [-0.05, 0) is 25.0 Å². The van der Waals surface area contributed by atoms with E-state index >= 15 is 0 Å². The van der Waals surface area contributed by atoms with Crippen LogP contribution in [-0.2, 0) is 9.53 Å². The van der Waals surface area contributed by atoms with Gasteiger partial charge in [-0.1, -0.05) is 18.6 Å². The van der Waals surface area contributed by atoms with E-state index in [1.165, 1.54) is 7.11 Å². The summed E-state index contributed by atoms with van der Waals surface area (Å²) in [5, 5.41) is 9.73. The van der Waals surface area contributed by atoms with E-state index in [1.807, 2.05) is 0 Å². The third-order valence-corrected chi connectivity index (χ3v) is 4.23. The van der Waals surface area contributed by atoms with Gasteiger partial charge in [0.15, 0.2) is 5.69 Å². The average Bonchev–Trinajstić information content (AvgIpc) is 3.02. The number of carbonyl (C=O) groups excluding carboxylic acids is 2. The summed E-state index contributed by atoms with van der Waals surface area (Å²) in [7, 11) is 1.33. The zero-order valence-corrected chi connectivity index (χ0v) is 12.7. The van der Waals surface area contributed by atoms with Gasteiger partial charge in [-0.3, -0.25) is 19.5 Å². The maximum absolute atomic E-state index is 12.4. The SMILES string of the molecule is COC(=O)[C@H]1CCC[C@H]1NC(=O)c1n[nH]c2ccccc2c1=O. The van der Waals surface area contributed by atoms with Crippen LogP contribution in [-0.4, -0.2) is 35.2 Å². The number of aromatic nitrogens is 2. The fraction of sp³-hybridized carbons (Fsp3) is 0.375. The Morgan fingerprint density at radius 3 is 2.87 bits per heavy atom. The molecule has 1 aliphatic rings. The molecule has 0 spiro atoms. The third kappa shape index (κ3) is 2.81. The van der Waals surface area contributed by atoms with Crippen LogP contribution in [0.2, 0.25) is 0 Å². The lowest BCUT2D eigenvalue weighted by atomic mass is 10.0. The minimum absolute atomic E-state index is 0.195. The normalized spacial score (nSPS) is 20.4. The fourth-order valence-electron chi connectivity index (χ4n) is 3.03. The van der Waals surface area contributed by atoms with Crippen LogP contribution >= 0.6 is 0 Å². The standard InChI is InChI=1S/C16H17N3O4/c1-23-16(22)10-6-4-8-11(10)17-15(21)13-14(20)9-5-2-3-7-12(9)18-19-13/h2-3,5,7,10-11H,4,6,8H2,1H3,(H,17,21)(H,18,20)/t10-,11+/m0/s1. The number of rotatable bonds is 3. The van der Waals surface area contributed by atoms with Gasteiger partial charge in [0.2, 0.25) is 5.43 Å². The predicted molar refractivity (Wildman–Crippen MR) is 83.0 cm³/mol. The van der Waals surface area contributed by atoms with Crippen molar-refractivity contribution in [2.45, 2.75) is 25.3 Å². The summed E-state index contributed by atoms with van der Waals surface area (Å²) in [5.41, 5.74) is -0.0500. The summed E-state index contributed by atoms with van der Waals surface area (Å²) in [5.74, 6) is -1.28. The molecule has 1 aromatic heterocycles. The van der Waals surface area contributed by atoms with Gasteiger partial charge in [-0.25, -0.2) is 0 Å². The van der Waals surface area contributed by atoms with Crippen LogP contribution in [0.5, 0.6) is 0 Å². The van der Waals surface area contributed by atoms with Crippen LogP contribution in [0.1, 0.15) is 29.8 Å². The summed E-state index contributed by atoms with van der Waals surface area (Å²) < 4.78 is 4.76. The number of nitrogens with zero attached hydrogens (tertiary/aromatic N) is 1. The first kappa shape index (κ1) is 15.2. The van der Waals surface area contributed by atoms with Crippen molar-refractivity contribution in [1.29, 1.82) is 0 Å². The highest BCUT2D eigenvalue weighted by Crippen LogP contribution is 2.26. The number of methoxy groups -OCH3 is 1. The lowest BCUT2D eigenvalue weighted by Crippen LogP contribution is -2.42. The first-order chi connectivity index (χ1) is 11.1. The molecule has 7 heteroatoms. The van der Waals surface area contributed by atoms with Crippen molar-refractivity contribution in [1.82, 2.24) is 15.5 Å². The maximum Gasteiger partial charge on any atom is 0.310 e. The van der Waals surface area contributed by atoms with Crippen LogP contribution in [0, 0.1) is 5.92 Å². The van der Waals surface area contributed by atoms with Crippen molar-refractivity contribution < 1.29 is 14.3 Å². The van der Waals surface area contributed by atoms with Gasteiger partial charge >= 0.3 is 5.97 Å². The predicted octanol–water partition coefficient (Wildman–Crippen LogP) is 0.995. The second-order valence-electron chi connectivity index (χ2n) is 5.59. The number of ether oxygens (including phenoxy) is 1. The molecule has 1 fully saturated rings. The topological polar surface area (TPSA) is 101 Å². The number of nitrogens with one attached hydrogen (secondary N) is 2. The van der Waals surface area contributed by atoms with Gasteiger partial charge in [0.05, 0.1) is 18.5 Å². The first-order valence-corrected chi connectivity index (χ1v) is 7.48. The number of hydrogen-bond donors (Lipinski definition) is 2. The smallest absolute Gasteiger partial charge is 0.310 e. The van der Waals surface area contributed by atoms with Gasteiger partial charge < -0.3 is 10.1 Å². The van der Waals surface area contributed by atoms with Crippen molar-refractivity contribution in [3.8, 4) is 0 Å². The molecular formula is C16H17N3O4. The average molecular weight is 315 g/mol. The zero-order valence-electron chi connectivity index (χ0n) is 12.7. The van der Waals surface area contributed by atoms with Gasteiger partial charge in [0.25, 0.3) is 5.91 Å². The number of aromatic amines is 1. The van der Waals surface area contributed by atoms with E-state index in [9.17, 15) is 14.4 Å². The Balaban J connectivity index is 1.85. The van der Waals surface area contributed by atoms with Gasteiger partial charge in [0, 0.05) is 11.4 Å². The van der Waals surface area contributed by atoms with Crippen LogP contribution in [0.15, 0.2) is 29.1 Å². The number of benzene rings is 1. The molecule has 1 aromatic carbocycles. The largest absolute Gasteiger partial charge is 0.469 e. The Morgan fingerprint density at radius 2 is 2.09 bits per heavy atom. The van der Waals surface area contributed by atoms with Gasteiger partial charge in [-0.15, -0.1) is 0 Å². The Bertz CT molecular complexity index is 814. The Kier molecular flexibility index (Phi) is 4.10. The number of carbonyl (C=O) groups is 2. The summed E-state index contributed by atoms with van der Waals surface area (Å²) in [6.45, 7) is 0. The maximum atomic E-state index is 12.4. The second-order valence-corrected chi connectivity index (χ2v) is 5.59. The number of hydrogen-bond acceptors (Lipinski definition) is 5. The highest BCUT2D eigenvalue weighted by atomic mass is 16.5. The first-order valence-electron chi connectivity index (χ1n) is 7.48. The van der Waals surface area contributed by atoms with E-state index in [2.05, 4.69) is 15.5 Å². The number of H-pyrrole nitrogens is 1.